The lowest BCUT2D eigenvalue weighted by Gasteiger charge is -2.17. The molecule has 0 radical (unpaired) electrons. The molecule has 0 aliphatic carbocycles. The third-order valence-electron chi connectivity index (χ3n) is 2.88. The average molecular weight is 333 g/mol. The molecule has 0 aromatic carbocycles. The molecule has 0 aliphatic rings. The zero-order chi connectivity index (χ0) is 16.0. The lowest BCUT2D eigenvalue weighted by Crippen LogP contribution is -2.31. The van der Waals surface area contributed by atoms with Crippen LogP contribution in [-0.2, 0) is 4.79 Å². The molecular weight excluding hydrogens is 315 g/mol. The minimum absolute atomic E-state index is 0.0259. The van der Waals surface area contributed by atoms with E-state index in [2.05, 4.69) is 10.3 Å². The number of aromatic nitrogens is 1. The van der Waals surface area contributed by atoms with Crippen LogP contribution in [0.5, 0.6) is 0 Å². The number of nitrogens with one attached hydrogen (secondary N) is 1. The molecule has 0 saturated heterocycles. The van der Waals surface area contributed by atoms with Crippen LogP contribution in [0.25, 0.3) is 0 Å². The summed E-state index contributed by atoms with van der Waals surface area (Å²) in [4.78, 5) is 26.6. The summed E-state index contributed by atoms with van der Waals surface area (Å²) in [6, 6.07) is 1.43. The predicted octanol–water partition coefficient (Wildman–Crippen LogP) is 3.26. The highest BCUT2D eigenvalue weighted by Crippen LogP contribution is 2.20. The van der Waals surface area contributed by atoms with Crippen molar-refractivity contribution in [2.75, 3.05) is 6.54 Å². The Morgan fingerprint density at radius 3 is 2.57 bits per heavy atom. The molecule has 1 atom stereocenters. The number of halogens is 2. The summed E-state index contributed by atoms with van der Waals surface area (Å²) >= 11 is 11.5. The van der Waals surface area contributed by atoms with E-state index >= 15 is 0 Å². The number of carbonyl (C=O) groups excluding carboxylic acids is 1. The van der Waals surface area contributed by atoms with Gasteiger partial charge in [-0.3, -0.25) is 9.59 Å². The number of pyridine rings is 1. The molecule has 1 rings (SSSR count). The summed E-state index contributed by atoms with van der Waals surface area (Å²) in [5.74, 6) is -0.966. The Balaban J connectivity index is 2.63. The van der Waals surface area contributed by atoms with E-state index in [1.807, 2.05) is 13.8 Å². The molecule has 7 heteroatoms. The molecule has 0 bridgehead atoms. The summed E-state index contributed by atoms with van der Waals surface area (Å²) in [5, 5.41) is 11.9. The lowest BCUT2D eigenvalue weighted by atomic mass is 9.94. The Bertz CT molecular complexity index is 521. The van der Waals surface area contributed by atoms with Crippen molar-refractivity contribution in [2.24, 2.45) is 11.8 Å². The van der Waals surface area contributed by atoms with Crippen molar-refractivity contribution < 1.29 is 14.7 Å². The number of amides is 1. The quantitative estimate of drug-likeness (QED) is 0.751. The highest BCUT2D eigenvalue weighted by Gasteiger charge is 2.17. The molecule has 0 aliphatic heterocycles. The molecule has 2 N–H and O–H groups in total. The summed E-state index contributed by atoms with van der Waals surface area (Å²) in [7, 11) is 0. The van der Waals surface area contributed by atoms with Gasteiger partial charge in [0.2, 0.25) is 0 Å². The molecule has 0 saturated carbocycles. The van der Waals surface area contributed by atoms with Gasteiger partial charge in [-0.1, -0.05) is 37.0 Å². The van der Waals surface area contributed by atoms with Crippen LogP contribution in [0.2, 0.25) is 10.2 Å². The Morgan fingerprint density at radius 2 is 2.05 bits per heavy atom. The first kappa shape index (κ1) is 17.7. The molecular formula is C14H18Cl2N2O3. The van der Waals surface area contributed by atoms with Gasteiger partial charge in [-0.15, -0.1) is 0 Å². The van der Waals surface area contributed by atoms with Crippen LogP contribution in [0.1, 0.15) is 37.0 Å². The topological polar surface area (TPSA) is 79.3 Å². The highest BCUT2D eigenvalue weighted by atomic mass is 35.5. The number of carboxylic acid groups (broad SMARTS) is 1. The van der Waals surface area contributed by atoms with Gasteiger partial charge in [-0.25, -0.2) is 4.98 Å². The second-order valence-electron chi connectivity index (χ2n) is 5.30. The van der Waals surface area contributed by atoms with Crippen molar-refractivity contribution >= 4 is 35.1 Å². The van der Waals surface area contributed by atoms with Gasteiger partial charge in [0.05, 0.1) is 10.6 Å². The van der Waals surface area contributed by atoms with Crippen LogP contribution in [0, 0.1) is 11.8 Å². The fourth-order valence-corrected chi connectivity index (χ4v) is 2.31. The van der Waals surface area contributed by atoms with E-state index in [0.29, 0.717) is 18.0 Å². The molecule has 5 nitrogen and oxygen atoms in total. The van der Waals surface area contributed by atoms with Crippen LogP contribution in [-0.4, -0.2) is 28.5 Å². The maximum absolute atomic E-state index is 12.0. The van der Waals surface area contributed by atoms with E-state index in [1.54, 1.807) is 0 Å². The van der Waals surface area contributed by atoms with Crippen LogP contribution in [0.4, 0.5) is 0 Å². The van der Waals surface area contributed by atoms with E-state index in [4.69, 9.17) is 28.3 Å². The second-order valence-corrected chi connectivity index (χ2v) is 6.07. The van der Waals surface area contributed by atoms with Gasteiger partial charge < -0.3 is 10.4 Å². The largest absolute Gasteiger partial charge is 0.481 e. The molecule has 1 heterocycles. The van der Waals surface area contributed by atoms with Gasteiger partial charge >= 0.3 is 5.97 Å². The minimum Gasteiger partial charge on any atom is -0.481 e. The van der Waals surface area contributed by atoms with Gasteiger partial charge in [0.15, 0.2) is 0 Å². The van der Waals surface area contributed by atoms with Gasteiger partial charge in [0.25, 0.3) is 5.91 Å². The fraction of sp³-hybridized carbons (Fsp3) is 0.500. The average Bonchev–Trinajstić information content (AvgIpc) is 2.37. The first-order valence-corrected chi connectivity index (χ1v) is 7.36. The van der Waals surface area contributed by atoms with Crippen molar-refractivity contribution in [3.05, 3.63) is 28.0 Å². The molecule has 0 unspecified atom stereocenters. The molecule has 1 amide bonds. The number of aliphatic carboxylic acids is 1. The van der Waals surface area contributed by atoms with Crippen molar-refractivity contribution in [3.63, 3.8) is 0 Å². The predicted molar refractivity (Wildman–Crippen MR) is 81.8 cm³/mol. The molecule has 1 aromatic rings. The fourth-order valence-electron chi connectivity index (χ4n) is 2.04. The Labute approximate surface area is 133 Å². The molecule has 0 spiro atoms. The van der Waals surface area contributed by atoms with E-state index in [9.17, 15) is 9.59 Å². The van der Waals surface area contributed by atoms with E-state index < -0.39 is 5.97 Å². The standard InChI is InChI=1S/C14H18Cl2N2O3/c1-8(2)3-9(4-12(19)20)6-18-14(21)10-5-11(15)13(16)17-7-10/h5,7-9H,3-4,6H2,1-2H3,(H,18,21)(H,19,20)/t9-/m0/s1. The summed E-state index contributed by atoms with van der Waals surface area (Å²) in [6.45, 7) is 4.32. The Morgan fingerprint density at radius 1 is 1.38 bits per heavy atom. The maximum Gasteiger partial charge on any atom is 0.303 e. The summed E-state index contributed by atoms with van der Waals surface area (Å²) in [6.07, 6.45) is 2.09. The van der Waals surface area contributed by atoms with Gasteiger partial charge in [-0.05, 0) is 24.3 Å². The molecule has 0 fully saturated rings. The van der Waals surface area contributed by atoms with Crippen molar-refractivity contribution in [1.82, 2.24) is 10.3 Å². The van der Waals surface area contributed by atoms with Crippen molar-refractivity contribution in [1.29, 1.82) is 0 Å². The van der Waals surface area contributed by atoms with Crippen molar-refractivity contribution in [2.45, 2.75) is 26.7 Å². The minimum atomic E-state index is -0.869. The third-order valence-corrected chi connectivity index (χ3v) is 3.56. The van der Waals surface area contributed by atoms with Gasteiger partial charge in [-0.2, -0.15) is 0 Å². The second kappa shape index (κ2) is 8.20. The van der Waals surface area contributed by atoms with E-state index in [1.165, 1.54) is 12.3 Å². The molecule has 116 valence electrons. The molecule has 21 heavy (non-hydrogen) atoms. The molecule has 1 aromatic heterocycles. The third kappa shape index (κ3) is 6.31. The smallest absolute Gasteiger partial charge is 0.303 e. The summed E-state index contributed by atoms with van der Waals surface area (Å²) < 4.78 is 0. The number of carboxylic acids is 1. The van der Waals surface area contributed by atoms with Crippen LogP contribution >= 0.6 is 23.2 Å². The highest BCUT2D eigenvalue weighted by molar-refractivity contribution is 6.41. The number of carbonyl (C=O) groups is 2. The monoisotopic (exact) mass is 332 g/mol. The summed E-state index contributed by atoms with van der Waals surface area (Å²) in [5.41, 5.74) is 0.294. The maximum atomic E-state index is 12.0. The van der Waals surface area contributed by atoms with Gasteiger partial charge in [0, 0.05) is 19.2 Å². The van der Waals surface area contributed by atoms with E-state index in [-0.39, 0.29) is 28.4 Å². The first-order chi connectivity index (χ1) is 9.79. The van der Waals surface area contributed by atoms with Crippen LogP contribution < -0.4 is 5.32 Å². The van der Waals surface area contributed by atoms with Gasteiger partial charge in [0.1, 0.15) is 5.15 Å². The Hall–Kier alpha value is -1.33. The zero-order valence-electron chi connectivity index (χ0n) is 11.9. The number of nitrogens with zero attached hydrogens (tertiary/aromatic N) is 1. The SMILES string of the molecule is CC(C)C[C@H](CNC(=O)c1cnc(Cl)c(Cl)c1)CC(=O)O. The number of hydrogen-bond donors (Lipinski definition) is 2. The first-order valence-electron chi connectivity index (χ1n) is 6.60. The van der Waals surface area contributed by atoms with Crippen LogP contribution in [0.3, 0.4) is 0 Å². The van der Waals surface area contributed by atoms with E-state index in [0.717, 1.165) is 6.42 Å². The Kier molecular flexibility index (Phi) is 6.92. The lowest BCUT2D eigenvalue weighted by molar-refractivity contribution is -0.138. The zero-order valence-corrected chi connectivity index (χ0v) is 13.4. The van der Waals surface area contributed by atoms with Crippen molar-refractivity contribution in [3.8, 4) is 0 Å². The number of hydrogen-bond acceptors (Lipinski definition) is 3. The number of rotatable bonds is 7. The normalized spacial score (nSPS) is 12.2. The van der Waals surface area contributed by atoms with Crippen LogP contribution in [0.15, 0.2) is 12.3 Å².